The van der Waals surface area contributed by atoms with Crippen LogP contribution in [0, 0.1) is 11.8 Å². The fraction of sp³-hybridized carbons (Fsp3) is 0.615. The summed E-state index contributed by atoms with van der Waals surface area (Å²) in [6.45, 7) is -0.273. The van der Waals surface area contributed by atoms with Crippen molar-refractivity contribution in [2.45, 2.75) is 62.7 Å². The van der Waals surface area contributed by atoms with Crippen molar-refractivity contribution < 1.29 is 48.1 Å². The number of methoxy groups -OCH3 is 1. The Kier molecular flexibility index (Phi) is 9.07. The molecule has 1 aromatic heterocycles. The predicted molar refractivity (Wildman–Crippen MR) is 135 cm³/mol. The summed E-state index contributed by atoms with van der Waals surface area (Å²) in [7, 11) is 1.36. The lowest BCUT2D eigenvalue weighted by Gasteiger charge is -2.36. The number of ether oxygens (including phenoxy) is 1. The minimum Gasteiger partial charge on any atom is -0.480 e. The fourth-order valence-corrected chi connectivity index (χ4v) is 6.05. The molecule has 40 heavy (non-hydrogen) atoms. The Morgan fingerprint density at radius 2 is 1.43 bits per heavy atom. The third-order valence-electron chi connectivity index (χ3n) is 7.86. The van der Waals surface area contributed by atoms with Crippen LogP contribution < -0.4 is 10.6 Å². The molecule has 0 aromatic carbocycles. The van der Waals surface area contributed by atoms with Crippen LogP contribution in [0.15, 0.2) is 22.8 Å². The molecule has 4 rings (SSSR count). The summed E-state index contributed by atoms with van der Waals surface area (Å²) in [5.74, 6) is -6.00. The summed E-state index contributed by atoms with van der Waals surface area (Å²) in [6, 6.07) is -0.559. The van der Waals surface area contributed by atoms with Gasteiger partial charge in [0.2, 0.25) is 17.7 Å². The molecule has 3 aliphatic rings. The van der Waals surface area contributed by atoms with Gasteiger partial charge in [0.25, 0.3) is 5.91 Å². The third-order valence-corrected chi connectivity index (χ3v) is 7.86. The largest absolute Gasteiger partial charge is 0.480 e. The van der Waals surface area contributed by atoms with Crippen LogP contribution in [0.1, 0.15) is 49.1 Å². The summed E-state index contributed by atoms with van der Waals surface area (Å²) in [5, 5.41) is 25.0. The van der Waals surface area contributed by atoms with Gasteiger partial charge in [0, 0.05) is 57.0 Å². The number of likely N-dealkylation sites (tertiary alicyclic amines) is 2. The van der Waals surface area contributed by atoms with Gasteiger partial charge < -0.3 is 39.8 Å². The van der Waals surface area contributed by atoms with E-state index in [1.165, 1.54) is 29.2 Å². The normalized spacial score (nSPS) is 28.2. The number of rotatable bonds is 9. The summed E-state index contributed by atoms with van der Waals surface area (Å²) in [4.78, 5) is 78.4. The van der Waals surface area contributed by atoms with Crippen LogP contribution in [0.2, 0.25) is 0 Å². The van der Waals surface area contributed by atoms with Crippen molar-refractivity contribution in [1.29, 1.82) is 0 Å². The lowest BCUT2D eigenvalue weighted by Crippen LogP contribution is -2.51. The Labute approximate surface area is 230 Å². The molecule has 1 saturated carbocycles. The number of hydrogen-bond donors (Lipinski definition) is 4. The molecule has 0 spiro atoms. The van der Waals surface area contributed by atoms with Gasteiger partial charge in [-0.25, -0.2) is 9.59 Å². The van der Waals surface area contributed by atoms with Crippen LogP contribution in [0.3, 0.4) is 0 Å². The number of carbonyl (C=O) groups excluding carboxylic acids is 4. The zero-order valence-electron chi connectivity index (χ0n) is 22.1. The molecule has 2 aliphatic heterocycles. The summed E-state index contributed by atoms with van der Waals surface area (Å²) in [5.41, 5.74) is 0. The standard InChI is InChI=1S/C26H34N4O10/c1-39-13-21(31)27-14-9-18(25(35)36)29(11-14)23(33)16-5-2-3-6-17(16)24(34)30-12-15(10-19(30)26(37)38)28-22(32)20-7-4-8-40-20/h4,7-8,14-19H,2-3,5-6,9-13H2,1H3,(H,27,31)(H,28,32)(H,35,36)(H,37,38)/t14-,15-,16-,17-,18-,19-/m0/s1. The quantitative estimate of drug-likeness (QED) is 0.310. The van der Waals surface area contributed by atoms with E-state index >= 15 is 0 Å². The van der Waals surface area contributed by atoms with E-state index in [0.717, 1.165) is 0 Å². The van der Waals surface area contributed by atoms with Gasteiger partial charge >= 0.3 is 11.9 Å². The van der Waals surface area contributed by atoms with E-state index in [1.807, 2.05) is 0 Å². The van der Waals surface area contributed by atoms with Gasteiger partial charge in [-0.2, -0.15) is 0 Å². The van der Waals surface area contributed by atoms with Crippen molar-refractivity contribution in [2.24, 2.45) is 11.8 Å². The second kappa shape index (κ2) is 12.5. The van der Waals surface area contributed by atoms with E-state index in [2.05, 4.69) is 10.6 Å². The van der Waals surface area contributed by atoms with Crippen LogP contribution in [-0.4, -0.2) is 107 Å². The third kappa shape index (κ3) is 6.27. The van der Waals surface area contributed by atoms with Crippen molar-refractivity contribution in [2.75, 3.05) is 26.8 Å². The predicted octanol–water partition coefficient (Wildman–Crippen LogP) is -0.313. The van der Waals surface area contributed by atoms with Crippen molar-refractivity contribution in [3.8, 4) is 0 Å². The minimum absolute atomic E-state index is 0.00504. The molecule has 0 unspecified atom stereocenters. The van der Waals surface area contributed by atoms with E-state index in [9.17, 15) is 39.0 Å². The molecular formula is C26H34N4O10. The van der Waals surface area contributed by atoms with Gasteiger partial charge in [-0.1, -0.05) is 12.8 Å². The maximum atomic E-state index is 13.8. The molecule has 1 aliphatic carbocycles. The molecule has 0 bridgehead atoms. The van der Waals surface area contributed by atoms with Gasteiger partial charge in [-0.05, 0) is 25.0 Å². The SMILES string of the molecule is COCC(=O)N[C@H]1C[C@@H](C(=O)O)N(C(=O)[C@H]2CCCC[C@@H]2C(=O)N2C[C@@H](NC(=O)c3ccco3)C[C@H]2C(=O)O)C1. The lowest BCUT2D eigenvalue weighted by molar-refractivity contribution is -0.156. The molecule has 0 radical (unpaired) electrons. The number of hydrogen-bond acceptors (Lipinski definition) is 8. The van der Waals surface area contributed by atoms with E-state index in [4.69, 9.17) is 9.15 Å². The van der Waals surface area contributed by atoms with Crippen molar-refractivity contribution in [1.82, 2.24) is 20.4 Å². The summed E-state index contributed by atoms with van der Waals surface area (Å²) >= 11 is 0. The monoisotopic (exact) mass is 562 g/mol. The fourth-order valence-electron chi connectivity index (χ4n) is 6.05. The molecule has 2 saturated heterocycles. The smallest absolute Gasteiger partial charge is 0.326 e. The average Bonchev–Trinajstić information content (AvgIpc) is 3.68. The Hall–Kier alpha value is -3.94. The first kappa shape index (κ1) is 29.1. The van der Waals surface area contributed by atoms with Crippen LogP contribution >= 0.6 is 0 Å². The topological polar surface area (TPSA) is 196 Å². The van der Waals surface area contributed by atoms with Gasteiger partial charge in [0.15, 0.2) is 5.76 Å². The molecule has 218 valence electrons. The highest BCUT2D eigenvalue weighted by molar-refractivity contribution is 5.94. The van der Waals surface area contributed by atoms with E-state index < -0.39 is 71.6 Å². The van der Waals surface area contributed by atoms with Crippen molar-refractivity contribution in [3.05, 3.63) is 24.2 Å². The van der Waals surface area contributed by atoms with Gasteiger partial charge in [-0.3, -0.25) is 19.2 Å². The average molecular weight is 563 g/mol. The van der Waals surface area contributed by atoms with Crippen LogP contribution in [0.5, 0.6) is 0 Å². The van der Waals surface area contributed by atoms with Gasteiger partial charge in [0.05, 0.1) is 6.26 Å². The van der Waals surface area contributed by atoms with Gasteiger partial charge in [-0.15, -0.1) is 0 Å². The Morgan fingerprint density at radius 1 is 0.900 bits per heavy atom. The Balaban J connectivity index is 1.48. The van der Waals surface area contributed by atoms with Crippen molar-refractivity contribution in [3.63, 3.8) is 0 Å². The van der Waals surface area contributed by atoms with E-state index in [-0.39, 0.29) is 38.3 Å². The highest BCUT2D eigenvalue weighted by atomic mass is 16.5. The van der Waals surface area contributed by atoms with E-state index in [0.29, 0.717) is 25.7 Å². The molecule has 4 amide bonds. The highest BCUT2D eigenvalue weighted by Gasteiger charge is 2.49. The van der Waals surface area contributed by atoms with Gasteiger partial charge in [0.1, 0.15) is 18.7 Å². The summed E-state index contributed by atoms with van der Waals surface area (Å²) < 4.78 is 9.88. The zero-order chi connectivity index (χ0) is 29.0. The molecule has 14 nitrogen and oxygen atoms in total. The first-order valence-electron chi connectivity index (χ1n) is 13.3. The second-order valence-corrected chi connectivity index (χ2v) is 10.5. The number of carboxylic acids is 2. The number of nitrogens with zero attached hydrogens (tertiary/aromatic N) is 2. The highest BCUT2D eigenvalue weighted by Crippen LogP contribution is 2.36. The molecule has 6 atom stereocenters. The lowest BCUT2D eigenvalue weighted by atomic mass is 9.77. The minimum atomic E-state index is -1.22. The number of furan rings is 1. The number of nitrogens with one attached hydrogen (secondary N) is 2. The number of aliphatic carboxylic acids is 2. The number of carbonyl (C=O) groups is 6. The zero-order valence-corrected chi connectivity index (χ0v) is 22.1. The first-order chi connectivity index (χ1) is 19.1. The molecule has 3 fully saturated rings. The first-order valence-corrected chi connectivity index (χ1v) is 13.3. The van der Waals surface area contributed by atoms with Crippen LogP contribution in [0.25, 0.3) is 0 Å². The Morgan fingerprint density at radius 3 is 1.88 bits per heavy atom. The number of carboxylic acid groups (broad SMARTS) is 2. The Bertz CT molecular complexity index is 1140. The molecule has 1 aromatic rings. The summed E-state index contributed by atoms with van der Waals surface area (Å²) in [6.07, 6.45) is 3.36. The van der Waals surface area contributed by atoms with Crippen LogP contribution in [-0.2, 0) is 28.7 Å². The molecule has 14 heteroatoms. The maximum Gasteiger partial charge on any atom is 0.326 e. The van der Waals surface area contributed by atoms with E-state index in [1.54, 1.807) is 6.07 Å². The van der Waals surface area contributed by atoms with Crippen LogP contribution in [0.4, 0.5) is 0 Å². The van der Waals surface area contributed by atoms with Crippen molar-refractivity contribution >= 4 is 35.6 Å². The molecule has 4 N–H and O–H groups in total. The molecule has 3 heterocycles. The number of amides is 4. The second-order valence-electron chi connectivity index (χ2n) is 10.5. The molecular weight excluding hydrogens is 528 g/mol. The maximum absolute atomic E-state index is 13.8.